The lowest BCUT2D eigenvalue weighted by atomic mass is 10.1. The molecule has 1 aromatic carbocycles. The lowest BCUT2D eigenvalue weighted by Gasteiger charge is -2.32. The number of benzene rings is 1. The Hall–Kier alpha value is -4.88. The number of hydrogen-bond donors (Lipinski definition) is 3. The summed E-state index contributed by atoms with van der Waals surface area (Å²) in [6.45, 7) is 0.409. The van der Waals surface area contributed by atoms with Gasteiger partial charge >= 0.3 is 0 Å². The molecule has 13 heteroatoms. The lowest BCUT2D eigenvalue weighted by Crippen LogP contribution is -2.50. The minimum Gasteiger partial charge on any atom is -0.481 e. The third kappa shape index (κ3) is 4.19. The first kappa shape index (κ1) is 23.5. The standard InChI is InChI=1S/C25H22N8O5/c1-37-20-11-16(4-6-26-20)33-7-5-19(31-33)32-8-9-38-22(25(32)36)21(34)23-29-18-3-2-14(15-12-27-28-13-15)10-17(18)24(35)30-23/h2-7,10-13,21-22,34H,8-9H2,1H3,(H,27,28)(H,29,30,35). The molecule has 192 valence electrons. The topological polar surface area (TPSA) is 164 Å². The molecule has 3 N–H and O–H groups in total. The summed E-state index contributed by atoms with van der Waals surface area (Å²) in [7, 11) is 1.52. The van der Waals surface area contributed by atoms with E-state index in [0.717, 1.165) is 11.1 Å². The normalized spacial score (nSPS) is 16.6. The number of fused-ring (bicyclic) bond motifs is 1. The van der Waals surface area contributed by atoms with Gasteiger partial charge in [-0.15, -0.1) is 5.10 Å². The number of ether oxygens (including phenoxy) is 2. The number of H-pyrrole nitrogens is 2. The van der Waals surface area contributed by atoms with E-state index in [2.05, 4.69) is 30.2 Å². The quantitative estimate of drug-likeness (QED) is 0.303. The number of aromatic nitrogens is 7. The molecule has 13 nitrogen and oxygen atoms in total. The number of aliphatic hydroxyl groups excluding tert-OH is 1. The Morgan fingerprint density at radius 1 is 1.18 bits per heavy atom. The summed E-state index contributed by atoms with van der Waals surface area (Å²) in [4.78, 5) is 38.7. The molecule has 38 heavy (non-hydrogen) atoms. The van der Waals surface area contributed by atoms with E-state index in [0.29, 0.717) is 28.3 Å². The van der Waals surface area contributed by atoms with Crippen LogP contribution < -0.4 is 15.2 Å². The molecule has 2 atom stereocenters. The van der Waals surface area contributed by atoms with Crippen LogP contribution in [0.4, 0.5) is 5.82 Å². The Kier molecular flexibility index (Phi) is 5.90. The van der Waals surface area contributed by atoms with Crippen molar-refractivity contribution in [2.75, 3.05) is 25.2 Å². The van der Waals surface area contributed by atoms with Crippen LogP contribution in [-0.4, -0.2) is 72.3 Å². The fraction of sp³-hybridized carbons (Fsp3) is 0.200. The van der Waals surface area contributed by atoms with Gasteiger partial charge in [0, 0.05) is 36.3 Å². The molecule has 0 spiro atoms. The van der Waals surface area contributed by atoms with Gasteiger partial charge in [-0.2, -0.15) is 10.1 Å². The van der Waals surface area contributed by atoms with Gasteiger partial charge < -0.3 is 19.6 Å². The van der Waals surface area contributed by atoms with E-state index in [9.17, 15) is 14.7 Å². The highest BCUT2D eigenvalue weighted by atomic mass is 16.5. The number of rotatable bonds is 6. The number of aromatic amines is 2. The van der Waals surface area contributed by atoms with E-state index >= 15 is 0 Å². The van der Waals surface area contributed by atoms with Crippen LogP contribution in [0.25, 0.3) is 27.7 Å². The Bertz CT molecular complexity index is 1680. The number of morpholine rings is 1. The molecule has 1 aliphatic rings. The lowest BCUT2D eigenvalue weighted by molar-refractivity contribution is -0.143. The molecule has 5 aromatic rings. The van der Waals surface area contributed by atoms with E-state index in [1.165, 1.54) is 12.0 Å². The maximum atomic E-state index is 13.3. The molecule has 1 fully saturated rings. The molecule has 1 amide bonds. The van der Waals surface area contributed by atoms with E-state index in [4.69, 9.17) is 9.47 Å². The third-order valence-corrected chi connectivity index (χ3v) is 6.30. The van der Waals surface area contributed by atoms with Gasteiger partial charge in [-0.05, 0) is 23.8 Å². The van der Waals surface area contributed by atoms with Gasteiger partial charge in [0.25, 0.3) is 11.5 Å². The summed E-state index contributed by atoms with van der Waals surface area (Å²) in [5, 5.41) is 22.6. The minimum atomic E-state index is -1.50. The van der Waals surface area contributed by atoms with E-state index in [-0.39, 0.29) is 19.0 Å². The zero-order valence-electron chi connectivity index (χ0n) is 20.1. The van der Waals surface area contributed by atoms with Gasteiger partial charge in [-0.3, -0.25) is 19.6 Å². The van der Waals surface area contributed by atoms with Crippen LogP contribution in [0.5, 0.6) is 5.88 Å². The molecule has 6 rings (SSSR count). The zero-order valence-corrected chi connectivity index (χ0v) is 20.1. The summed E-state index contributed by atoms with van der Waals surface area (Å²) in [6, 6.07) is 10.4. The highest BCUT2D eigenvalue weighted by molar-refractivity contribution is 5.97. The van der Waals surface area contributed by atoms with Crippen molar-refractivity contribution in [3.63, 3.8) is 0 Å². The van der Waals surface area contributed by atoms with Crippen LogP contribution in [0.1, 0.15) is 11.9 Å². The van der Waals surface area contributed by atoms with E-state index in [1.54, 1.807) is 59.8 Å². The number of nitrogens with zero attached hydrogens (tertiary/aromatic N) is 6. The smallest absolute Gasteiger partial charge is 0.280 e. The SMILES string of the molecule is COc1cc(-n2ccc(N3CCOC(C(O)c4nc(=O)c5cc(-c6cn[nH]c6)ccc5[nH]4)C3=O)n2)ccn1. The first-order chi connectivity index (χ1) is 18.5. The van der Waals surface area contributed by atoms with Crippen molar-refractivity contribution in [3.8, 4) is 22.7 Å². The van der Waals surface area contributed by atoms with Gasteiger partial charge in [0.1, 0.15) is 11.9 Å². The van der Waals surface area contributed by atoms with E-state index in [1.807, 2.05) is 6.07 Å². The van der Waals surface area contributed by atoms with Crippen LogP contribution >= 0.6 is 0 Å². The van der Waals surface area contributed by atoms with Gasteiger partial charge in [-0.25, -0.2) is 9.67 Å². The average molecular weight is 515 g/mol. The first-order valence-corrected chi connectivity index (χ1v) is 11.7. The molecular weight excluding hydrogens is 492 g/mol. The van der Waals surface area contributed by atoms with Crippen molar-refractivity contribution in [2.24, 2.45) is 0 Å². The third-order valence-electron chi connectivity index (χ3n) is 6.30. The Labute approximate surface area is 214 Å². The predicted octanol–water partition coefficient (Wildman–Crippen LogP) is 1.37. The highest BCUT2D eigenvalue weighted by Crippen LogP contribution is 2.26. The number of carbonyl (C=O) groups is 1. The summed E-state index contributed by atoms with van der Waals surface area (Å²) < 4.78 is 12.4. The molecule has 1 aliphatic heterocycles. The molecule has 2 unspecified atom stereocenters. The van der Waals surface area contributed by atoms with Crippen molar-refractivity contribution in [1.82, 2.24) is 34.9 Å². The zero-order chi connectivity index (χ0) is 26.2. The number of anilines is 1. The van der Waals surface area contributed by atoms with Crippen LogP contribution in [0.2, 0.25) is 0 Å². The summed E-state index contributed by atoms with van der Waals surface area (Å²) in [6.07, 6.45) is 3.89. The molecular formula is C25H22N8O5. The molecule has 0 radical (unpaired) electrons. The Morgan fingerprint density at radius 3 is 2.89 bits per heavy atom. The average Bonchev–Trinajstić information content (AvgIpc) is 3.66. The van der Waals surface area contributed by atoms with Crippen molar-refractivity contribution < 1.29 is 19.4 Å². The van der Waals surface area contributed by atoms with Crippen LogP contribution in [0.3, 0.4) is 0 Å². The predicted molar refractivity (Wildman–Crippen MR) is 135 cm³/mol. The number of hydrogen-bond acceptors (Lipinski definition) is 9. The molecule has 0 aliphatic carbocycles. The Morgan fingerprint density at radius 2 is 2.08 bits per heavy atom. The summed E-state index contributed by atoms with van der Waals surface area (Å²) in [5.41, 5.74) is 2.25. The molecule has 0 saturated carbocycles. The molecule has 4 aromatic heterocycles. The minimum absolute atomic E-state index is 0.0619. The first-order valence-electron chi connectivity index (χ1n) is 11.7. The van der Waals surface area contributed by atoms with Crippen molar-refractivity contribution in [2.45, 2.75) is 12.2 Å². The fourth-order valence-corrected chi connectivity index (χ4v) is 4.35. The number of nitrogens with one attached hydrogen (secondary N) is 2. The van der Waals surface area contributed by atoms with Gasteiger partial charge in [0.2, 0.25) is 5.88 Å². The largest absolute Gasteiger partial charge is 0.481 e. The van der Waals surface area contributed by atoms with Crippen molar-refractivity contribution >= 4 is 22.6 Å². The van der Waals surface area contributed by atoms with E-state index < -0.39 is 23.7 Å². The number of methoxy groups -OCH3 is 1. The van der Waals surface area contributed by atoms with Crippen LogP contribution in [0, 0.1) is 0 Å². The fourth-order valence-electron chi connectivity index (χ4n) is 4.35. The monoisotopic (exact) mass is 514 g/mol. The maximum absolute atomic E-state index is 13.3. The van der Waals surface area contributed by atoms with Crippen LogP contribution in [0.15, 0.2) is 66.0 Å². The molecule has 1 saturated heterocycles. The number of carbonyl (C=O) groups excluding carboxylic acids is 1. The van der Waals surface area contributed by atoms with Crippen molar-refractivity contribution in [1.29, 1.82) is 0 Å². The van der Waals surface area contributed by atoms with Gasteiger partial charge in [0.05, 0.1) is 43.0 Å². The highest BCUT2D eigenvalue weighted by Gasteiger charge is 2.38. The van der Waals surface area contributed by atoms with Gasteiger partial charge in [-0.1, -0.05) is 6.07 Å². The second-order valence-electron chi connectivity index (χ2n) is 8.58. The molecule has 5 heterocycles. The maximum Gasteiger partial charge on any atom is 0.280 e. The summed E-state index contributed by atoms with van der Waals surface area (Å²) in [5.74, 6) is 0.255. The van der Waals surface area contributed by atoms with Crippen molar-refractivity contribution in [3.05, 3.63) is 77.4 Å². The summed E-state index contributed by atoms with van der Waals surface area (Å²) >= 11 is 0. The second-order valence-corrected chi connectivity index (χ2v) is 8.58. The number of amides is 1. The number of pyridine rings is 1. The van der Waals surface area contributed by atoms with Crippen LogP contribution in [-0.2, 0) is 9.53 Å². The second kappa shape index (κ2) is 9.53. The number of aliphatic hydroxyl groups is 1. The Balaban J connectivity index is 1.25. The van der Waals surface area contributed by atoms with Gasteiger partial charge in [0.15, 0.2) is 11.9 Å². The molecule has 0 bridgehead atoms.